The topological polar surface area (TPSA) is 127 Å². The molecule has 0 spiro atoms. The maximum absolute atomic E-state index is 11.1. The molecule has 0 saturated heterocycles. The average Bonchev–Trinajstić information content (AvgIpc) is 2.30. The van der Waals surface area contributed by atoms with Gasteiger partial charge in [0.15, 0.2) is 0 Å². The Morgan fingerprint density at radius 1 is 1.26 bits per heavy atom. The summed E-state index contributed by atoms with van der Waals surface area (Å²) in [5, 5.41) is 3.07. The van der Waals surface area contributed by atoms with Gasteiger partial charge in [0.1, 0.15) is 18.0 Å². The molecule has 0 fully saturated rings. The maximum Gasteiger partial charge on any atom is 0.237 e. The van der Waals surface area contributed by atoms with Gasteiger partial charge in [-0.05, 0) is 13.8 Å². The molecule has 0 saturated carbocycles. The van der Waals surface area contributed by atoms with Gasteiger partial charge in [0.25, 0.3) is 0 Å². The summed E-state index contributed by atoms with van der Waals surface area (Å²) >= 11 is 0. The summed E-state index contributed by atoms with van der Waals surface area (Å²) in [5.74, 6) is -0.0245. The van der Waals surface area contributed by atoms with E-state index in [0.29, 0.717) is 18.2 Å². The van der Waals surface area contributed by atoms with Gasteiger partial charge in [-0.25, -0.2) is 9.97 Å². The van der Waals surface area contributed by atoms with Crippen molar-refractivity contribution in [2.45, 2.75) is 13.8 Å². The molecular weight excluding hydrogens is 248 g/mol. The second-order valence-electron chi connectivity index (χ2n) is 3.99. The first-order valence-corrected chi connectivity index (χ1v) is 5.82. The Kier molecular flexibility index (Phi) is 5.04. The molecule has 8 heteroatoms. The normalized spacial score (nSPS) is 10.0. The molecule has 8 nitrogen and oxygen atoms in total. The minimum absolute atomic E-state index is 0.133. The largest absolute Gasteiger partial charge is 0.370 e. The van der Waals surface area contributed by atoms with Crippen LogP contribution in [-0.4, -0.2) is 41.4 Å². The molecule has 0 radical (unpaired) electrons. The molecular formula is C11H18N6O2. The van der Waals surface area contributed by atoms with Crippen LogP contribution < -0.4 is 21.7 Å². The molecule has 1 aromatic heterocycles. The van der Waals surface area contributed by atoms with E-state index in [1.54, 1.807) is 6.92 Å². The highest BCUT2D eigenvalue weighted by Gasteiger charge is 2.17. The molecule has 0 aliphatic heterocycles. The van der Waals surface area contributed by atoms with E-state index in [4.69, 9.17) is 11.5 Å². The second-order valence-corrected chi connectivity index (χ2v) is 3.99. The number of hydrogen-bond acceptors (Lipinski definition) is 6. The molecule has 0 bridgehead atoms. The second kappa shape index (κ2) is 6.53. The van der Waals surface area contributed by atoms with Crippen molar-refractivity contribution in [2.24, 2.45) is 11.5 Å². The number of carbonyl (C=O) groups is 2. The van der Waals surface area contributed by atoms with Gasteiger partial charge in [0.2, 0.25) is 11.8 Å². The van der Waals surface area contributed by atoms with E-state index >= 15 is 0 Å². The van der Waals surface area contributed by atoms with Gasteiger partial charge in [0, 0.05) is 12.1 Å². The van der Waals surface area contributed by atoms with Crippen LogP contribution in [0.15, 0.2) is 6.33 Å². The van der Waals surface area contributed by atoms with Crippen molar-refractivity contribution in [2.75, 3.05) is 29.9 Å². The van der Waals surface area contributed by atoms with Crippen LogP contribution in [0, 0.1) is 6.92 Å². The maximum atomic E-state index is 11.1. The fourth-order valence-corrected chi connectivity index (χ4v) is 1.69. The van der Waals surface area contributed by atoms with E-state index in [1.165, 1.54) is 11.2 Å². The van der Waals surface area contributed by atoms with Crippen molar-refractivity contribution in [3.05, 3.63) is 11.9 Å². The average molecular weight is 266 g/mol. The summed E-state index contributed by atoms with van der Waals surface area (Å²) < 4.78 is 0. The Hall–Kier alpha value is -2.38. The molecule has 1 aromatic rings. The van der Waals surface area contributed by atoms with E-state index in [2.05, 4.69) is 15.3 Å². The van der Waals surface area contributed by atoms with Crippen LogP contribution in [0.2, 0.25) is 0 Å². The van der Waals surface area contributed by atoms with E-state index < -0.39 is 11.8 Å². The van der Waals surface area contributed by atoms with E-state index in [1.807, 2.05) is 6.92 Å². The van der Waals surface area contributed by atoms with Crippen LogP contribution >= 0.6 is 0 Å². The third-order valence-corrected chi connectivity index (χ3v) is 2.39. The molecule has 0 aromatic carbocycles. The number of rotatable bonds is 7. The lowest BCUT2D eigenvalue weighted by molar-refractivity contribution is -0.117. The number of nitrogens with zero attached hydrogens (tertiary/aromatic N) is 3. The fraction of sp³-hybridized carbons (Fsp3) is 0.455. The Morgan fingerprint density at radius 3 is 2.32 bits per heavy atom. The lowest BCUT2D eigenvalue weighted by Crippen LogP contribution is -2.40. The first-order valence-electron chi connectivity index (χ1n) is 5.82. The highest BCUT2D eigenvalue weighted by molar-refractivity contribution is 5.85. The van der Waals surface area contributed by atoms with Crippen molar-refractivity contribution in [1.82, 2.24) is 9.97 Å². The van der Waals surface area contributed by atoms with Crippen LogP contribution in [0.3, 0.4) is 0 Å². The molecule has 19 heavy (non-hydrogen) atoms. The molecule has 0 atom stereocenters. The lowest BCUT2D eigenvalue weighted by atomic mass is 10.2. The number of carbonyl (C=O) groups excluding carboxylic acids is 2. The molecule has 0 aliphatic rings. The summed E-state index contributed by atoms with van der Waals surface area (Å²) in [6, 6.07) is 0. The van der Waals surface area contributed by atoms with Crippen molar-refractivity contribution in [3.8, 4) is 0 Å². The number of nitrogens with two attached hydrogens (primary N) is 2. The first kappa shape index (κ1) is 14.7. The third-order valence-electron chi connectivity index (χ3n) is 2.39. The fourth-order valence-electron chi connectivity index (χ4n) is 1.69. The summed E-state index contributed by atoms with van der Waals surface area (Å²) in [7, 11) is 0. The van der Waals surface area contributed by atoms with Crippen LogP contribution in [0.1, 0.15) is 12.5 Å². The molecule has 104 valence electrons. The molecule has 0 aliphatic carbocycles. The minimum atomic E-state index is -0.565. The monoisotopic (exact) mass is 266 g/mol. The number of anilines is 2. The number of primary amides is 2. The van der Waals surface area contributed by atoms with Gasteiger partial charge < -0.3 is 21.7 Å². The van der Waals surface area contributed by atoms with Crippen LogP contribution in [0.25, 0.3) is 0 Å². The minimum Gasteiger partial charge on any atom is -0.370 e. The predicted molar refractivity (Wildman–Crippen MR) is 71.5 cm³/mol. The van der Waals surface area contributed by atoms with Gasteiger partial charge in [-0.2, -0.15) is 0 Å². The molecule has 1 heterocycles. The quantitative estimate of drug-likeness (QED) is 0.580. The van der Waals surface area contributed by atoms with E-state index in [9.17, 15) is 9.59 Å². The highest BCUT2D eigenvalue weighted by Crippen LogP contribution is 2.21. The molecule has 0 unspecified atom stereocenters. The molecule has 5 N–H and O–H groups in total. The zero-order valence-corrected chi connectivity index (χ0v) is 11.0. The van der Waals surface area contributed by atoms with Crippen LogP contribution in [-0.2, 0) is 9.59 Å². The Labute approximate surface area is 111 Å². The lowest BCUT2D eigenvalue weighted by Gasteiger charge is -2.23. The number of hydrogen-bond donors (Lipinski definition) is 3. The summed E-state index contributed by atoms with van der Waals surface area (Å²) in [6.07, 6.45) is 1.36. The van der Waals surface area contributed by atoms with E-state index in [-0.39, 0.29) is 13.1 Å². The zero-order chi connectivity index (χ0) is 14.4. The van der Waals surface area contributed by atoms with Crippen LogP contribution in [0.5, 0.6) is 0 Å². The van der Waals surface area contributed by atoms with Crippen molar-refractivity contribution in [3.63, 3.8) is 0 Å². The Morgan fingerprint density at radius 2 is 1.84 bits per heavy atom. The van der Waals surface area contributed by atoms with Gasteiger partial charge in [-0.1, -0.05) is 0 Å². The predicted octanol–water partition coefficient (Wildman–Crippen LogP) is -1.01. The van der Waals surface area contributed by atoms with Crippen molar-refractivity contribution >= 4 is 23.5 Å². The highest BCUT2D eigenvalue weighted by atomic mass is 16.2. The number of aromatic nitrogens is 2. The summed E-state index contributed by atoms with van der Waals surface area (Å²) in [5.41, 5.74) is 11.1. The molecule has 2 amide bonds. The molecule has 1 rings (SSSR count). The SMILES string of the molecule is CCNc1ncnc(N(CC(N)=O)CC(N)=O)c1C. The standard InChI is InChI=1S/C11H18N6O2/c1-3-14-10-7(2)11(16-6-15-10)17(4-8(12)18)5-9(13)19/h6H,3-5H2,1-2H3,(H2,12,18)(H2,13,19)(H,14,15,16). The van der Waals surface area contributed by atoms with Crippen LogP contribution in [0.4, 0.5) is 11.6 Å². The zero-order valence-electron chi connectivity index (χ0n) is 11.0. The van der Waals surface area contributed by atoms with Gasteiger partial charge in [-0.3, -0.25) is 9.59 Å². The van der Waals surface area contributed by atoms with Gasteiger partial charge in [-0.15, -0.1) is 0 Å². The van der Waals surface area contributed by atoms with Gasteiger partial charge >= 0.3 is 0 Å². The Balaban J connectivity index is 3.10. The third kappa shape index (κ3) is 4.09. The van der Waals surface area contributed by atoms with Crippen molar-refractivity contribution in [1.29, 1.82) is 0 Å². The number of nitrogens with one attached hydrogen (secondary N) is 1. The summed E-state index contributed by atoms with van der Waals surface area (Å²) in [6.45, 7) is 4.16. The van der Waals surface area contributed by atoms with E-state index in [0.717, 1.165) is 5.56 Å². The van der Waals surface area contributed by atoms with Gasteiger partial charge in [0.05, 0.1) is 13.1 Å². The smallest absolute Gasteiger partial charge is 0.237 e. The Bertz CT molecular complexity index is 460. The number of amides is 2. The summed E-state index contributed by atoms with van der Waals surface area (Å²) in [4.78, 5) is 31.7. The first-order chi connectivity index (χ1) is 8.95. The van der Waals surface area contributed by atoms with Crippen molar-refractivity contribution < 1.29 is 9.59 Å².